The maximum Gasteiger partial charge on any atom is 0.405 e. The molecule has 0 bridgehead atoms. The lowest BCUT2D eigenvalue weighted by Crippen LogP contribution is -2.36. The highest BCUT2D eigenvalue weighted by Crippen LogP contribution is 2.36. The number of rotatable bonds is 4. The molecule has 2 heterocycles. The van der Waals surface area contributed by atoms with E-state index < -0.39 is 12.7 Å². The van der Waals surface area contributed by atoms with E-state index in [1.807, 2.05) is 0 Å². The van der Waals surface area contributed by atoms with Crippen molar-refractivity contribution < 1.29 is 13.2 Å². The van der Waals surface area contributed by atoms with Crippen LogP contribution in [-0.2, 0) is 0 Å². The minimum Gasteiger partial charge on any atom is -0.357 e. The Morgan fingerprint density at radius 3 is 2.75 bits per heavy atom. The van der Waals surface area contributed by atoms with Gasteiger partial charge in [0.2, 0.25) is 5.95 Å². The van der Waals surface area contributed by atoms with Gasteiger partial charge in [0.25, 0.3) is 0 Å². The molecule has 1 aliphatic rings. The lowest BCUT2D eigenvalue weighted by Gasteiger charge is -2.25. The van der Waals surface area contributed by atoms with Crippen LogP contribution in [0.2, 0.25) is 0 Å². The van der Waals surface area contributed by atoms with Gasteiger partial charge in [-0.1, -0.05) is 0 Å². The first-order chi connectivity index (χ1) is 9.48. The zero-order chi connectivity index (χ0) is 14.3. The van der Waals surface area contributed by atoms with E-state index >= 15 is 0 Å². The Hall–Kier alpha value is -2.06. The van der Waals surface area contributed by atoms with Gasteiger partial charge < -0.3 is 15.2 Å². The average Bonchev–Trinajstić information content (AvgIpc) is 3.11. The number of nitrogens with zero attached hydrogens (tertiary/aromatic N) is 4. The van der Waals surface area contributed by atoms with Crippen LogP contribution in [0, 0.1) is 0 Å². The first-order valence-electron chi connectivity index (χ1n) is 6.20. The van der Waals surface area contributed by atoms with Crippen molar-refractivity contribution in [3.63, 3.8) is 0 Å². The Labute approximate surface area is 112 Å². The van der Waals surface area contributed by atoms with Gasteiger partial charge in [-0.2, -0.15) is 23.1 Å². The molecule has 2 aromatic rings. The van der Waals surface area contributed by atoms with Gasteiger partial charge >= 0.3 is 6.18 Å². The molecule has 0 aromatic carbocycles. The van der Waals surface area contributed by atoms with Crippen molar-refractivity contribution in [1.82, 2.24) is 19.9 Å². The summed E-state index contributed by atoms with van der Waals surface area (Å²) >= 11 is 0. The Morgan fingerprint density at radius 2 is 2.15 bits per heavy atom. The molecule has 3 rings (SSSR count). The summed E-state index contributed by atoms with van der Waals surface area (Å²) in [7, 11) is 1.61. The molecular weight excluding hydrogens is 273 g/mol. The second-order valence-electron chi connectivity index (χ2n) is 4.70. The molecule has 20 heavy (non-hydrogen) atoms. The lowest BCUT2D eigenvalue weighted by molar-refractivity contribution is -0.120. The summed E-state index contributed by atoms with van der Waals surface area (Å²) in [6.07, 6.45) is -1.39. The van der Waals surface area contributed by atoms with E-state index in [0.29, 0.717) is 11.2 Å². The van der Waals surface area contributed by atoms with Crippen LogP contribution < -0.4 is 10.2 Å². The number of aromatic nitrogens is 4. The first kappa shape index (κ1) is 12.9. The lowest BCUT2D eigenvalue weighted by atomic mass is 10.4. The number of anilines is 2. The fourth-order valence-corrected chi connectivity index (χ4v) is 2.09. The van der Waals surface area contributed by atoms with Crippen LogP contribution in [0.5, 0.6) is 0 Å². The van der Waals surface area contributed by atoms with Crippen molar-refractivity contribution in [2.24, 2.45) is 0 Å². The largest absolute Gasteiger partial charge is 0.405 e. The van der Waals surface area contributed by atoms with E-state index in [1.54, 1.807) is 7.05 Å². The molecule has 0 unspecified atom stereocenters. The van der Waals surface area contributed by atoms with Crippen molar-refractivity contribution in [3.05, 3.63) is 6.33 Å². The molecule has 0 amide bonds. The van der Waals surface area contributed by atoms with E-state index in [0.717, 1.165) is 12.8 Å². The van der Waals surface area contributed by atoms with Gasteiger partial charge in [-0.3, -0.25) is 0 Å². The van der Waals surface area contributed by atoms with Crippen molar-refractivity contribution in [2.45, 2.75) is 25.1 Å². The molecule has 9 heteroatoms. The smallest absolute Gasteiger partial charge is 0.357 e. The third-order valence-electron chi connectivity index (χ3n) is 3.10. The summed E-state index contributed by atoms with van der Waals surface area (Å²) in [6, 6.07) is -0.122. The molecule has 1 saturated carbocycles. The van der Waals surface area contributed by atoms with Gasteiger partial charge in [-0.25, -0.2) is 4.98 Å². The van der Waals surface area contributed by atoms with Gasteiger partial charge in [0, 0.05) is 13.1 Å². The summed E-state index contributed by atoms with van der Waals surface area (Å²) in [6.45, 7) is -1.02. The zero-order valence-corrected chi connectivity index (χ0v) is 10.7. The number of hydrogen-bond donors (Lipinski definition) is 2. The first-order valence-corrected chi connectivity index (χ1v) is 6.20. The minimum atomic E-state index is -4.28. The molecule has 108 valence electrons. The van der Waals surface area contributed by atoms with Crippen molar-refractivity contribution in [2.75, 3.05) is 23.8 Å². The highest BCUT2D eigenvalue weighted by Gasteiger charge is 2.39. The minimum absolute atomic E-state index is 0.122. The predicted octanol–water partition coefficient (Wildman–Crippen LogP) is 1.93. The van der Waals surface area contributed by atoms with Gasteiger partial charge in [0.1, 0.15) is 12.1 Å². The Bertz CT molecular complexity index is 618. The Balaban J connectivity index is 2.07. The highest BCUT2D eigenvalue weighted by atomic mass is 19.4. The summed E-state index contributed by atoms with van der Waals surface area (Å²) in [5.41, 5.74) is 0.785. The van der Waals surface area contributed by atoms with Gasteiger partial charge in [-0.05, 0) is 12.8 Å². The van der Waals surface area contributed by atoms with Crippen LogP contribution in [0.15, 0.2) is 6.33 Å². The molecule has 0 radical (unpaired) electrons. The second-order valence-corrected chi connectivity index (χ2v) is 4.70. The molecule has 1 fully saturated rings. The third kappa shape index (κ3) is 2.47. The number of imidazole rings is 1. The average molecular weight is 286 g/mol. The normalized spacial score (nSPS) is 15.6. The van der Waals surface area contributed by atoms with Crippen molar-refractivity contribution in [3.8, 4) is 0 Å². The monoisotopic (exact) mass is 286 g/mol. The number of nitrogens with one attached hydrogen (secondary N) is 2. The van der Waals surface area contributed by atoms with E-state index in [-0.39, 0.29) is 17.8 Å². The van der Waals surface area contributed by atoms with Gasteiger partial charge in [-0.15, -0.1) is 0 Å². The number of halogens is 3. The number of hydrogen-bond acceptors (Lipinski definition) is 5. The van der Waals surface area contributed by atoms with Crippen LogP contribution in [0.4, 0.5) is 24.9 Å². The summed E-state index contributed by atoms with van der Waals surface area (Å²) in [5, 5.41) is 2.74. The molecule has 6 nitrogen and oxygen atoms in total. The fraction of sp³-hybridized carbons (Fsp3) is 0.545. The molecule has 0 spiro atoms. The molecular formula is C11H13F3N6. The van der Waals surface area contributed by atoms with Crippen molar-refractivity contribution in [1.29, 1.82) is 0 Å². The fourth-order valence-electron chi connectivity index (χ4n) is 2.09. The number of aromatic amines is 1. The molecule has 0 saturated heterocycles. The number of alkyl halides is 3. The van der Waals surface area contributed by atoms with Crippen LogP contribution in [0.3, 0.4) is 0 Å². The van der Waals surface area contributed by atoms with E-state index in [9.17, 15) is 13.2 Å². The van der Waals surface area contributed by atoms with Crippen molar-refractivity contribution >= 4 is 22.9 Å². The Morgan fingerprint density at radius 1 is 1.40 bits per heavy atom. The second kappa shape index (κ2) is 4.50. The van der Waals surface area contributed by atoms with Gasteiger partial charge in [0.05, 0.1) is 6.33 Å². The SMILES string of the molecule is CNc1nc(N(CC(F)(F)F)C2CC2)c2[nH]cnc2n1. The van der Waals surface area contributed by atoms with Crippen LogP contribution in [-0.4, -0.2) is 45.7 Å². The summed E-state index contributed by atoms with van der Waals surface area (Å²) in [4.78, 5) is 16.4. The topological polar surface area (TPSA) is 69.7 Å². The summed E-state index contributed by atoms with van der Waals surface area (Å²) in [5.74, 6) is 0.504. The van der Waals surface area contributed by atoms with E-state index in [4.69, 9.17) is 0 Å². The Kier molecular flexibility index (Phi) is 2.91. The maximum atomic E-state index is 12.8. The highest BCUT2D eigenvalue weighted by molar-refractivity contribution is 5.84. The van der Waals surface area contributed by atoms with Gasteiger partial charge in [0.15, 0.2) is 11.5 Å². The molecule has 2 aromatic heterocycles. The molecule has 1 aliphatic carbocycles. The third-order valence-corrected chi connectivity index (χ3v) is 3.10. The summed E-state index contributed by atoms with van der Waals surface area (Å²) < 4.78 is 38.3. The number of H-pyrrole nitrogens is 1. The van der Waals surface area contributed by atoms with E-state index in [2.05, 4.69) is 25.3 Å². The van der Waals surface area contributed by atoms with Crippen LogP contribution in [0.1, 0.15) is 12.8 Å². The predicted molar refractivity (Wildman–Crippen MR) is 67.7 cm³/mol. The quantitative estimate of drug-likeness (QED) is 0.898. The molecule has 2 N–H and O–H groups in total. The van der Waals surface area contributed by atoms with Crippen LogP contribution >= 0.6 is 0 Å². The maximum absolute atomic E-state index is 12.8. The standard InChI is InChI=1S/C11H13F3N6/c1-15-10-18-8-7(16-5-17-8)9(19-10)20(6-2-3-6)4-11(12,13)14/h5-6H,2-4H2,1H3,(H2,15,16,17,18,19). The molecule has 0 aliphatic heterocycles. The van der Waals surface area contributed by atoms with Crippen LogP contribution in [0.25, 0.3) is 11.2 Å². The zero-order valence-electron chi connectivity index (χ0n) is 10.7. The van der Waals surface area contributed by atoms with E-state index in [1.165, 1.54) is 11.2 Å². The molecule has 0 atom stereocenters. The number of fused-ring (bicyclic) bond motifs is 1.